The number of phenols is 1. The van der Waals surface area contributed by atoms with Crippen LogP contribution >= 0.6 is 0 Å². The number of aromatic hydroxyl groups is 1. The minimum Gasteiger partial charge on any atom is -0.504 e. The molecule has 1 atom stereocenters. The highest BCUT2D eigenvalue weighted by atomic mass is 16.7. The molecule has 0 bridgehead atoms. The van der Waals surface area contributed by atoms with E-state index in [0.717, 1.165) is 41.8 Å². The van der Waals surface area contributed by atoms with Crippen LogP contribution in [0.2, 0.25) is 0 Å². The van der Waals surface area contributed by atoms with Crippen LogP contribution in [-0.4, -0.2) is 25.6 Å². The van der Waals surface area contributed by atoms with Crippen molar-refractivity contribution in [1.82, 2.24) is 5.32 Å². The standard InChI is InChI=1S/C18H19NO4/c1-21-13-4-2-3-11(7-13)8-14-16-12(5-6-19-14)9-15-18(17(16)20)23-10-22-15/h2-4,7,9,14,19-20H,5-6,8,10H2,1H3. The van der Waals surface area contributed by atoms with Crippen molar-refractivity contribution in [3.63, 3.8) is 0 Å². The Bertz CT molecular complexity index is 744. The molecule has 2 N–H and O–H groups in total. The van der Waals surface area contributed by atoms with Crippen molar-refractivity contribution in [1.29, 1.82) is 0 Å². The van der Waals surface area contributed by atoms with Gasteiger partial charge in [0.25, 0.3) is 0 Å². The van der Waals surface area contributed by atoms with Gasteiger partial charge in [0.2, 0.25) is 12.5 Å². The van der Waals surface area contributed by atoms with E-state index >= 15 is 0 Å². The largest absolute Gasteiger partial charge is 0.504 e. The molecule has 23 heavy (non-hydrogen) atoms. The molecular weight excluding hydrogens is 294 g/mol. The monoisotopic (exact) mass is 313 g/mol. The highest BCUT2D eigenvalue weighted by Gasteiger charge is 2.30. The Morgan fingerprint density at radius 2 is 2.22 bits per heavy atom. The lowest BCUT2D eigenvalue weighted by molar-refractivity contribution is 0.171. The smallest absolute Gasteiger partial charge is 0.231 e. The molecule has 0 saturated heterocycles. The van der Waals surface area contributed by atoms with E-state index in [2.05, 4.69) is 11.4 Å². The van der Waals surface area contributed by atoms with E-state index < -0.39 is 0 Å². The number of benzene rings is 2. The van der Waals surface area contributed by atoms with Gasteiger partial charge in [0.05, 0.1) is 7.11 Å². The van der Waals surface area contributed by atoms with E-state index in [9.17, 15) is 5.11 Å². The minimum atomic E-state index is 0.0420. The quantitative estimate of drug-likeness (QED) is 0.912. The molecule has 0 aliphatic carbocycles. The first kappa shape index (κ1) is 14.2. The Kier molecular flexibility index (Phi) is 3.50. The summed E-state index contributed by atoms with van der Waals surface area (Å²) in [5.74, 6) is 2.15. The topological polar surface area (TPSA) is 60.0 Å². The Labute approximate surface area is 134 Å². The molecule has 0 spiro atoms. The fourth-order valence-electron chi connectivity index (χ4n) is 3.38. The Morgan fingerprint density at radius 3 is 3.09 bits per heavy atom. The maximum Gasteiger partial charge on any atom is 0.231 e. The predicted octanol–water partition coefficient (Wildman–Crippen LogP) is 2.56. The number of hydrogen-bond acceptors (Lipinski definition) is 5. The van der Waals surface area contributed by atoms with Gasteiger partial charge in [-0.2, -0.15) is 0 Å². The summed E-state index contributed by atoms with van der Waals surface area (Å²) < 4.78 is 16.1. The molecule has 2 aliphatic rings. The van der Waals surface area contributed by atoms with Crippen molar-refractivity contribution in [2.45, 2.75) is 18.9 Å². The zero-order valence-corrected chi connectivity index (χ0v) is 13.0. The summed E-state index contributed by atoms with van der Waals surface area (Å²) in [6.07, 6.45) is 1.64. The van der Waals surface area contributed by atoms with Crippen molar-refractivity contribution in [3.05, 3.63) is 47.0 Å². The second-order valence-corrected chi connectivity index (χ2v) is 5.84. The Balaban J connectivity index is 1.70. The first-order valence-electron chi connectivity index (χ1n) is 7.77. The van der Waals surface area contributed by atoms with E-state index in [0.29, 0.717) is 11.5 Å². The van der Waals surface area contributed by atoms with Gasteiger partial charge in [0.1, 0.15) is 5.75 Å². The van der Waals surface area contributed by atoms with Gasteiger partial charge in [-0.3, -0.25) is 0 Å². The third-order valence-corrected chi connectivity index (χ3v) is 4.47. The molecular formula is C18H19NO4. The van der Waals surface area contributed by atoms with Crippen molar-refractivity contribution >= 4 is 0 Å². The molecule has 0 radical (unpaired) electrons. The lowest BCUT2D eigenvalue weighted by Gasteiger charge is -2.28. The number of phenolic OH excluding ortho intramolecular Hbond substituents is 1. The summed E-state index contributed by atoms with van der Waals surface area (Å²) >= 11 is 0. The normalized spacial score (nSPS) is 18.6. The fraction of sp³-hybridized carbons (Fsp3) is 0.333. The number of hydrogen-bond donors (Lipinski definition) is 2. The molecule has 0 fully saturated rings. The van der Waals surface area contributed by atoms with E-state index in [1.165, 1.54) is 0 Å². The molecule has 0 aromatic heterocycles. The molecule has 0 amide bonds. The van der Waals surface area contributed by atoms with Crippen molar-refractivity contribution in [3.8, 4) is 23.0 Å². The molecule has 2 aliphatic heterocycles. The van der Waals surface area contributed by atoms with Crippen molar-refractivity contribution < 1.29 is 19.3 Å². The van der Waals surface area contributed by atoms with Crippen LogP contribution in [0.4, 0.5) is 0 Å². The second-order valence-electron chi connectivity index (χ2n) is 5.84. The van der Waals surface area contributed by atoms with Gasteiger partial charge < -0.3 is 24.6 Å². The van der Waals surface area contributed by atoms with Crippen LogP contribution in [0, 0.1) is 0 Å². The molecule has 1 unspecified atom stereocenters. The van der Waals surface area contributed by atoms with Crippen LogP contribution in [0.15, 0.2) is 30.3 Å². The molecule has 4 rings (SSSR count). The number of ether oxygens (including phenoxy) is 3. The third-order valence-electron chi connectivity index (χ3n) is 4.47. The van der Waals surface area contributed by atoms with Crippen LogP contribution < -0.4 is 19.5 Å². The number of fused-ring (bicyclic) bond motifs is 2. The second kappa shape index (κ2) is 5.66. The van der Waals surface area contributed by atoms with E-state index in [-0.39, 0.29) is 18.6 Å². The number of nitrogens with one attached hydrogen (secondary N) is 1. The Hall–Kier alpha value is -2.40. The van der Waals surface area contributed by atoms with Gasteiger partial charge in [-0.25, -0.2) is 0 Å². The predicted molar refractivity (Wildman–Crippen MR) is 85.4 cm³/mol. The fourth-order valence-corrected chi connectivity index (χ4v) is 3.38. The van der Waals surface area contributed by atoms with Crippen LogP contribution in [-0.2, 0) is 12.8 Å². The minimum absolute atomic E-state index is 0.0420. The number of methoxy groups -OCH3 is 1. The lowest BCUT2D eigenvalue weighted by atomic mass is 9.89. The van der Waals surface area contributed by atoms with E-state index in [1.807, 2.05) is 24.3 Å². The highest BCUT2D eigenvalue weighted by molar-refractivity contribution is 5.61. The molecule has 2 heterocycles. The van der Waals surface area contributed by atoms with E-state index in [1.54, 1.807) is 7.11 Å². The molecule has 0 saturated carbocycles. The Morgan fingerprint density at radius 1 is 1.30 bits per heavy atom. The van der Waals surface area contributed by atoms with Crippen molar-refractivity contribution in [2.24, 2.45) is 0 Å². The maximum absolute atomic E-state index is 10.6. The summed E-state index contributed by atoms with van der Waals surface area (Å²) in [6, 6.07) is 10.1. The van der Waals surface area contributed by atoms with Crippen LogP contribution in [0.3, 0.4) is 0 Å². The van der Waals surface area contributed by atoms with Crippen molar-refractivity contribution in [2.75, 3.05) is 20.4 Å². The highest BCUT2D eigenvalue weighted by Crippen LogP contribution is 2.47. The van der Waals surface area contributed by atoms with E-state index in [4.69, 9.17) is 14.2 Å². The van der Waals surface area contributed by atoms with Gasteiger partial charge in [-0.05, 0) is 48.7 Å². The molecule has 120 valence electrons. The molecule has 2 aromatic carbocycles. The van der Waals surface area contributed by atoms with Crippen LogP contribution in [0.5, 0.6) is 23.0 Å². The summed E-state index contributed by atoms with van der Waals surface area (Å²) in [6.45, 7) is 1.04. The molecule has 2 aromatic rings. The lowest BCUT2D eigenvalue weighted by Crippen LogP contribution is -2.31. The van der Waals surface area contributed by atoms with Crippen LogP contribution in [0.1, 0.15) is 22.7 Å². The molecule has 5 nitrogen and oxygen atoms in total. The summed E-state index contributed by atoms with van der Waals surface area (Å²) in [7, 11) is 1.67. The zero-order valence-electron chi connectivity index (χ0n) is 13.0. The van der Waals surface area contributed by atoms with Crippen LogP contribution in [0.25, 0.3) is 0 Å². The summed E-state index contributed by atoms with van der Waals surface area (Å²) in [5.41, 5.74) is 3.20. The van der Waals surface area contributed by atoms with Gasteiger partial charge in [-0.1, -0.05) is 12.1 Å². The first-order valence-corrected chi connectivity index (χ1v) is 7.77. The average molecular weight is 313 g/mol. The third kappa shape index (κ3) is 2.47. The SMILES string of the molecule is COc1cccc(CC2NCCc3cc4c(c(O)c32)OCO4)c1. The maximum atomic E-state index is 10.6. The first-order chi connectivity index (χ1) is 11.3. The van der Waals surface area contributed by atoms with Gasteiger partial charge in [0.15, 0.2) is 11.5 Å². The summed E-state index contributed by atoms with van der Waals surface area (Å²) in [4.78, 5) is 0. The molecule has 5 heteroatoms. The summed E-state index contributed by atoms with van der Waals surface area (Å²) in [5, 5.41) is 14.1. The zero-order chi connectivity index (χ0) is 15.8. The number of rotatable bonds is 3. The van der Waals surface area contributed by atoms with Gasteiger partial charge in [0, 0.05) is 11.6 Å². The van der Waals surface area contributed by atoms with Gasteiger partial charge in [-0.15, -0.1) is 0 Å². The average Bonchev–Trinajstić information content (AvgIpc) is 3.04. The van der Waals surface area contributed by atoms with Gasteiger partial charge >= 0.3 is 0 Å².